The van der Waals surface area contributed by atoms with Crippen molar-refractivity contribution >= 4 is 0 Å². The maximum absolute atomic E-state index is 9.42. The summed E-state index contributed by atoms with van der Waals surface area (Å²) in [7, 11) is 1.67. The zero-order valence-electron chi connectivity index (χ0n) is 8.95. The van der Waals surface area contributed by atoms with Crippen LogP contribution in [0.3, 0.4) is 0 Å². The van der Waals surface area contributed by atoms with E-state index in [2.05, 4.69) is 4.90 Å². The minimum atomic E-state index is -0.136. The van der Waals surface area contributed by atoms with Crippen LogP contribution in [0.15, 0.2) is 0 Å². The van der Waals surface area contributed by atoms with Gasteiger partial charge in [0.05, 0.1) is 25.9 Å². The summed E-state index contributed by atoms with van der Waals surface area (Å²) >= 11 is 0. The summed E-state index contributed by atoms with van der Waals surface area (Å²) in [5, 5.41) is 9.42. The molecule has 4 heteroatoms. The molecular formula is C10H21NO3. The maximum atomic E-state index is 9.42. The molecule has 0 bridgehead atoms. The first-order chi connectivity index (χ1) is 6.83. The molecule has 0 radical (unpaired) electrons. The van der Waals surface area contributed by atoms with Crippen LogP contribution in [0.1, 0.15) is 12.8 Å². The fourth-order valence-electron chi connectivity index (χ4n) is 1.67. The van der Waals surface area contributed by atoms with Crippen LogP contribution in [-0.4, -0.2) is 62.7 Å². The number of piperidine rings is 1. The zero-order valence-corrected chi connectivity index (χ0v) is 8.95. The summed E-state index contributed by atoms with van der Waals surface area (Å²) in [6.07, 6.45) is 1.91. The van der Waals surface area contributed by atoms with Gasteiger partial charge in [0.1, 0.15) is 0 Å². The van der Waals surface area contributed by atoms with E-state index in [9.17, 15) is 5.11 Å². The standard InChI is InChI=1S/C10H21NO3/c1-13-7-8-14-6-5-11-4-2-3-10(12)9-11/h10,12H,2-9H2,1H3/t10-/m0/s1. The summed E-state index contributed by atoms with van der Waals surface area (Å²) in [6.45, 7) is 4.85. The summed E-state index contributed by atoms with van der Waals surface area (Å²) in [5.74, 6) is 0. The highest BCUT2D eigenvalue weighted by atomic mass is 16.5. The topological polar surface area (TPSA) is 41.9 Å². The van der Waals surface area contributed by atoms with Gasteiger partial charge in [0, 0.05) is 20.2 Å². The Morgan fingerprint density at radius 1 is 1.36 bits per heavy atom. The maximum Gasteiger partial charge on any atom is 0.0700 e. The molecule has 0 amide bonds. The van der Waals surface area contributed by atoms with Gasteiger partial charge in [-0.05, 0) is 19.4 Å². The molecule has 1 rings (SSSR count). The van der Waals surface area contributed by atoms with Crippen LogP contribution >= 0.6 is 0 Å². The molecule has 1 aliphatic heterocycles. The van der Waals surface area contributed by atoms with Crippen molar-refractivity contribution in [1.82, 2.24) is 4.90 Å². The quantitative estimate of drug-likeness (QED) is 0.622. The lowest BCUT2D eigenvalue weighted by Crippen LogP contribution is -2.40. The van der Waals surface area contributed by atoms with Crippen LogP contribution in [0.4, 0.5) is 0 Å². The SMILES string of the molecule is COCCOCCN1CCC[C@H](O)C1. The highest BCUT2D eigenvalue weighted by molar-refractivity contribution is 4.71. The Morgan fingerprint density at radius 3 is 2.93 bits per heavy atom. The van der Waals surface area contributed by atoms with E-state index in [0.29, 0.717) is 13.2 Å². The summed E-state index contributed by atoms with van der Waals surface area (Å²) in [4.78, 5) is 2.25. The second kappa shape index (κ2) is 7.17. The molecule has 0 spiro atoms. The normalized spacial score (nSPS) is 24.0. The van der Waals surface area contributed by atoms with Gasteiger partial charge in [-0.15, -0.1) is 0 Å². The van der Waals surface area contributed by atoms with Crippen molar-refractivity contribution in [1.29, 1.82) is 0 Å². The smallest absolute Gasteiger partial charge is 0.0700 e. The fourth-order valence-corrected chi connectivity index (χ4v) is 1.67. The van der Waals surface area contributed by atoms with E-state index in [0.717, 1.165) is 39.1 Å². The van der Waals surface area contributed by atoms with Gasteiger partial charge in [0.15, 0.2) is 0 Å². The third-order valence-corrected chi connectivity index (χ3v) is 2.46. The highest BCUT2D eigenvalue weighted by Gasteiger charge is 2.16. The number of aliphatic hydroxyl groups excluding tert-OH is 1. The van der Waals surface area contributed by atoms with Gasteiger partial charge in [0.2, 0.25) is 0 Å². The predicted molar refractivity (Wildman–Crippen MR) is 54.4 cm³/mol. The van der Waals surface area contributed by atoms with Gasteiger partial charge in [-0.3, -0.25) is 4.90 Å². The summed E-state index contributed by atoms with van der Waals surface area (Å²) in [6, 6.07) is 0. The molecule has 1 heterocycles. The number of rotatable bonds is 6. The summed E-state index contributed by atoms with van der Waals surface area (Å²) in [5.41, 5.74) is 0. The number of likely N-dealkylation sites (tertiary alicyclic amines) is 1. The van der Waals surface area contributed by atoms with Crippen molar-refractivity contribution in [3.05, 3.63) is 0 Å². The molecule has 1 fully saturated rings. The van der Waals surface area contributed by atoms with Gasteiger partial charge in [-0.1, -0.05) is 0 Å². The molecule has 1 atom stereocenters. The monoisotopic (exact) mass is 203 g/mol. The van der Waals surface area contributed by atoms with Crippen LogP contribution in [-0.2, 0) is 9.47 Å². The van der Waals surface area contributed by atoms with E-state index in [-0.39, 0.29) is 6.10 Å². The first-order valence-corrected chi connectivity index (χ1v) is 5.30. The number of nitrogens with zero attached hydrogens (tertiary/aromatic N) is 1. The average Bonchev–Trinajstić information content (AvgIpc) is 2.18. The Labute approximate surface area is 85.8 Å². The minimum absolute atomic E-state index is 0.136. The van der Waals surface area contributed by atoms with Crippen molar-refractivity contribution in [3.8, 4) is 0 Å². The molecule has 0 saturated carbocycles. The number of methoxy groups -OCH3 is 1. The first kappa shape index (κ1) is 11.9. The van der Waals surface area contributed by atoms with Gasteiger partial charge >= 0.3 is 0 Å². The van der Waals surface area contributed by atoms with Crippen molar-refractivity contribution in [3.63, 3.8) is 0 Å². The Hall–Kier alpha value is -0.160. The van der Waals surface area contributed by atoms with E-state index in [1.807, 2.05) is 0 Å². The number of ether oxygens (including phenoxy) is 2. The second-order valence-corrected chi connectivity index (χ2v) is 3.70. The van der Waals surface area contributed by atoms with Crippen LogP contribution in [0.25, 0.3) is 0 Å². The Bertz CT molecular complexity index is 143. The van der Waals surface area contributed by atoms with E-state index in [4.69, 9.17) is 9.47 Å². The molecular weight excluding hydrogens is 182 g/mol. The zero-order chi connectivity index (χ0) is 10.2. The average molecular weight is 203 g/mol. The highest BCUT2D eigenvalue weighted by Crippen LogP contribution is 2.08. The molecule has 0 aromatic carbocycles. The lowest BCUT2D eigenvalue weighted by molar-refractivity contribution is 0.0306. The van der Waals surface area contributed by atoms with Gasteiger partial charge in [-0.25, -0.2) is 0 Å². The third kappa shape index (κ3) is 4.91. The van der Waals surface area contributed by atoms with Crippen LogP contribution in [0.2, 0.25) is 0 Å². The predicted octanol–water partition coefficient (Wildman–Crippen LogP) is 0.106. The minimum Gasteiger partial charge on any atom is -0.392 e. The van der Waals surface area contributed by atoms with Gasteiger partial charge in [-0.2, -0.15) is 0 Å². The molecule has 14 heavy (non-hydrogen) atoms. The summed E-state index contributed by atoms with van der Waals surface area (Å²) < 4.78 is 10.2. The van der Waals surface area contributed by atoms with Crippen molar-refractivity contribution < 1.29 is 14.6 Å². The molecule has 0 aliphatic carbocycles. The Kier molecular flexibility index (Phi) is 6.10. The molecule has 84 valence electrons. The van der Waals surface area contributed by atoms with Crippen LogP contribution in [0.5, 0.6) is 0 Å². The first-order valence-electron chi connectivity index (χ1n) is 5.30. The molecule has 0 unspecified atom stereocenters. The van der Waals surface area contributed by atoms with Crippen LogP contribution < -0.4 is 0 Å². The number of aliphatic hydroxyl groups is 1. The molecule has 1 saturated heterocycles. The van der Waals surface area contributed by atoms with E-state index < -0.39 is 0 Å². The van der Waals surface area contributed by atoms with Crippen LogP contribution in [0, 0.1) is 0 Å². The number of hydrogen-bond acceptors (Lipinski definition) is 4. The molecule has 0 aromatic heterocycles. The Balaban J connectivity index is 1.95. The molecule has 4 nitrogen and oxygen atoms in total. The van der Waals surface area contributed by atoms with E-state index in [1.165, 1.54) is 0 Å². The van der Waals surface area contributed by atoms with E-state index in [1.54, 1.807) is 7.11 Å². The number of hydrogen-bond donors (Lipinski definition) is 1. The van der Waals surface area contributed by atoms with Crippen molar-refractivity contribution in [2.75, 3.05) is 46.6 Å². The number of β-amino-alcohol motifs (C(OH)–C–C–N with tert-alkyl or cyclic N) is 1. The largest absolute Gasteiger partial charge is 0.392 e. The second-order valence-electron chi connectivity index (χ2n) is 3.70. The lowest BCUT2D eigenvalue weighted by Gasteiger charge is -2.29. The van der Waals surface area contributed by atoms with Gasteiger partial charge in [0.25, 0.3) is 0 Å². The van der Waals surface area contributed by atoms with Crippen molar-refractivity contribution in [2.24, 2.45) is 0 Å². The molecule has 1 N–H and O–H groups in total. The Morgan fingerprint density at radius 2 is 2.21 bits per heavy atom. The molecule has 1 aliphatic rings. The lowest BCUT2D eigenvalue weighted by atomic mass is 10.1. The fraction of sp³-hybridized carbons (Fsp3) is 1.00. The van der Waals surface area contributed by atoms with Crippen molar-refractivity contribution in [2.45, 2.75) is 18.9 Å². The molecule has 0 aromatic rings. The van der Waals surface area contributed by atoms with Gasteiger partial charge < -0.3 is 14.6 Å². The third-order valence-electron chi connectivity index (χ3n) is 2.46. The van der Waals surface area contributed by atoms with E-state index >= 15 is 0 Å².